The number of carbonyl (C=O) groups excluding carboxylic acids is 1. The van der Waals surface area contributed by atoms with E-state index in [0.717, 1.165) is 5.56 Å². The summed E-state index contributed by atoms with van der Waals surface area (Å²) in [7, 11) is 0. The van der Waals surface area contributed by atoms with Crippen LogP contribution in [0, 0.1) is 0 Å². The minimum atomic E-state index is -0.559. The van der Waals surface area contributed by atoms with Gasteiger partial charge in [0.2, 0.25) is 0 Å². The number of benzene rings is 1. The molecule has 1 rings (SSSR count). The summed E-state index contributed by atoms with van der Waals surface area (Å²) >= 11 is 5.76. The number of amides is 1. The zero-order valence-corrected chi connectivity index (χ0v) is 9.91. The van der Waals surface area contributed by atoms with E-state index in [1.807, 2.05) is 12.1 Å². The molecule has 16 heavy (non-hydrogen) atoms. The molecule has 0 atom stereocenters. The summed E-state index contributed by atoms with van der Waals surface area (Å²) in [6, 6.07) is 7.18. The van der Waals surface area contributed by atoms with Gasteiger partial charge in [-0.1, -0.05) is 23.7 Å². The molecule has 1 aromatic rings. The Kier molecular flexibility index (Phi) is 4.79. The third-order valence-corrected chi connectivity index (χ3v) is 2.10. The highest BCUT2D eigenvalue weighted by Gasteiger charge is 2.00. The third-order valence-electron chi connectivity index (χ3n) is 1.85. The number of carbonyl (C=O) groups is 1. The van der Waals surface area contributed by atoms with Gasteiger partial charge in [0.1, 0.15) is 0 Å². The fraction of sp³-hybridized carbons (Fsp3) is 0.273. The Morgan fingerprint density at radius 3 is 2.62 bits per heavy atom. The van der Waals surface area contributed by atoms with E-state index in [4.69, 9.17) is 11.6 Å². The maximum absolute atomic E-state index is 11.0. The molecule has 0 spiro atoms. The molecule has 1 N–H and O–H groups in total. The van der Waals surface area contributed by atoms with Crippen LogP contribution in [0.5, 0.6) is 0 Å². The molecule has 0 radical (unpaired) electrons. The fourth-order valence-corrected chi connectivity index (χ4v) is 1.17. The maximum Gasteiger partial charge on any atom is 0.427 e. The van der Waals surface area contributed by atoms with Gasteiger partial charge < -0.3 is 4.74 Å². The first kappa shape index (κ1) is 12.5. The number of hydrogen-bond donors (Lipinski definition) is 1. The van der Waals surface area contributed by atoms with Crippen LogP contribution in [0.4, 0.5) is 4.79 Å². The van der Waals surface area contributed by atoms with E-state index in [0.29, 0.717) is 17.3 Å². The molecule has 1 amide bonds. The molecular weight excluding hydrogens is 228 g/mol. The van der Waals surface area contributed by atoms with Crippen molar-refractivity contribution in [2.75, 3.05) is 6.61 Å². The van der Waals surface area contributed by atoms with Crippen molar-refractivity contribution in [2.24, 2.45) is 5.10 Å². The summed E-state index contributed by atoms with van der Waals surface area (Å²) in [6.07, 6.45) is -0.559. The summed E-state index contributed by atoms with van der Waals surface area (Å²) < 4.78 is 4.67. The molecule has 5 heteroatoms. The van der Waals surface area contributed by atoms with Crippen molar-refractivity contribution >= 4 is 23.4 Å². The van der Waals surface area contributed by atoms with Crippen molar-refractivity contribution in [3.8, 4) is 0 Å². The Morgan fingerprint density at radius 1 is 1.44 bits per heavy atom. The normalized spacial score (nSPS) is 11.1. The Hall–Kier alpha value is -1.55. The molecule has 0 saturated heterocycles. The zero-order valence-electron chi connectivity index (χ0n) is 9.16. The maximum atomic E-state index is 11.0. The highest BCUT2D eigenvalue weighted by Crippen LogP contribution is 2.09. The van der Waals surface area contributed by atoms with Crippen LogP contribution in [0.15, 0.2) is 29.4 Å². The number of nitrogens with one attached hydrogen (secondary N) is 1. The van der Waals surface area contributed by atoms with Gasteiger partial charge in [0.25, 0.3) is 0 Å². The summed E-state index contributed by atoms with van der Waals surface area (Å²) in [4.78, 5) is 11.0. The minimum absolute atomic E-state index is 0.321. The molecular formula is C11H13ClN2O2. The lowest BCUT2D eigenvalue weighted by atomic mass is 10.1. The number of halogens is 1. The largest absolute Gasteiger partial charge is 0.449 e. The Labute approximate surface area is 99.2 Å². The quantitative estimate of drug-likeness (QED) is 0.652. The summed E-state index contributed by atoms with van der Waals surface area (Å²) in [5.41, 5.74) is 3.87. The van der Waals surface area contributed by atoms with Crippen LogP contribution in [-0.2, 0) is 4.74 Å². The van der Waals surface area contributed by atoms with E-state index in [1.54, 1.807) is 26.0 Å². The van der Waals surface area contributed by atoms with Crippen molar-refractivity contribution in [1.82, 2.24) is 5.43 Å². The molecule has 0 saturated carbocycles. The van der Waals surface area contributed by atoms with E-state index < -0.39 is 6.09 Å². The monoisotopic (exact) mass is 240 g/mol. The lowest BCUT2D eigenvalue weighted by Crippen LogP contribution is -2.20. The molecule has 4 nitrogen and oxygen atoms in total. The summed E-state index contributed by atoms with van der Waals surface area (Å²) in [6.45, 7) is 3.84. The van der Waals surface area contributed by atoms with Crippen LogP contribution < -0.4 is 5.43 Å². The topological polar surface area (TPSA) is 50.7 Å². The first-order chi connectivity index (χ1) is 7.63. The van der Waals surface area contributed by atoms with Gasteiger partial charge in [-0.15, -0.1) is 0 Å². The zero-order chi connectivity index (χ0) is 12.0. The minimum Gasteiger partial charge on any atom is -0.449 e. The number of hydrazone groups is 1. The molecule has 0 unspecified atom stereocenters. The Bertz CT molecular complexity index is 387. The van der Waals surface area contributed by atoms with Crippen molar-refractivity contribution in [3.63, 3.8) is 0 Å². The van der Waals surface area contributed by atoms with Crippen molar-refractivity contribution < 1.29 is 9.53 Å². The fourth-order valence-electron chi connectivity index (χ4n) is 1.05. The summed E-state index contributed by atoms with van der Waals surface area (Å²) in [5.74, 6) is 0. The average Bonchev–Trinajstić information content (AvgIpc) is 2.27. The van der Waals surface area contributed by atoms with Gasteiger partial charge in [0, 0.05) is 5.02 Å². The molecule has 86 valence electrons. The van der Waals surface area contributed by atoms with E-state index in [9.17, 15) is 4.79 Å². The van der Waals surface area contributed by atoms with Crippen LogP contribution >= 0.6 is 11.6 Å². The SMILES string of the molecule is CCOC(=O)N/N=C(\C)c1ccc(Cl)cc1. The van der Waals surface area contributed by atoms with Crippen LogP contribution in [-0.4, -0.2) is 18.4 Å². The predicted octanol–water partition coefficient (Wildman–Crippen LogP) is 2.81. The number of hydrogen-bond acceptors (Lipinski definition) is 3. The lowest BCUT2D eigenvalue weighted by Gasteiger charge is -2.02. The Balaban J connectivity index is 2.63. The molecule has 1 aromatic carbocycles. The van der Waals surface area contributed by atoms with Gasteiger partial charge in [-0.25, -0.2) is 10.2 Å². The number of nitrogens with zero attached hydrogens (tertiary/aromatic N) is 1. The molecule has 0 aromatic heterocycles. The van der Waals surface area contributed by atoms with Crippen LogP contribution in [0.3, 0.4) is 0 Å². The van der Waals surface area contributed by atoms with Crippen molar-refractivity contribution in [1.29, 1.82) is 0 Å². The second kappa shape index (κ2) is 6.12. The van der Waals surface area contributed by atoms with Gasteiger partial charge >= 0.3 is 6.09 Å². The molecule has 0 bridgehead atoms. The van der Waals surface area contributed by atoms with Crippen molar-refractivity contribution in [3.05, 3.63) is 34.9 Å². The van der Waals surface area contributed by atoms with Crippen molar-refractivity contribution in [2.45, 2.75) is 13.8 Å². The average molecular weight is 241 g/mol. The second-order valence-electron chi connectivity index (χ2n) is 3.04. The third kappa shape index (κ3) is 3.90. The highest BCUT2D eigenvalue weighted by molar-refractivity contribution is 6.30. The summed E-state index contributed by atoms with van der Waals surface area (Å²) in [5, 5.41) is 4.55. The van der Waals surface area contributed by atoms with Gasteiger partial charge in [0.15, 0.2) is 0 Å². The van der Waals surface area contributed by atoms with E-state index in [1.165, 1.54) is 0 Å². The smallest absolute Gasteiger partial charge is 0.427 e. The van der Waals surface area contributed by atoms with Crippen LogP contribution in [0.1, 0.15) is 19.4 Å². The molecule has 0 aliphatic heterocycles. The van der Waals surface area contributed by atoms with Gasteiger partial charge in [-0.05, 0) is 31.5 Å². The predicted molar refractivity (Wildman–Crippen MR) is 63.8 cm³/mol. The van der Waals surface area contributed by atoms with E-state index in [-0.39, 0.29) is 0 Å². The first-order valence-corrected chi connectivity index (χ1v) is 5.24. The first-order valence-electron chi connectivity index (χ1n) is 4.86. The number of ether oxygens (including phenoxy) is 1. The molecule has 0 aliphatic rings. The van der Waals surface area contributed by atoms with E-state index in [2.05, 4.69) is 15.3 Å². The van der Waals surface area contributed by atoms with E-state index >= 15 is 0 Å². The molecule has 0 aliphatic carbocycles. The lowest BCUT2D eigenvalue weighted by molar-refractivity contribution is 0.152. The standard InChI is InChI=1S/C11H13ClN2O2/c1-3-16-11(15)14-13-8(2)9-4-6-10(12)7-5-9/h4-7H,3H2,1-2H3,(H,14,15)/b13-8+. The van der Waals surface area contributed by atoms with Gasteiger partial charge in [-0.3, -0.25) is 0 Å². The molecule has 0 fully saturated rings. The van der Waals surface area contributed by atoms with Crippen LogP contribution in [0.2, 0.25) is 5.02 Å². The van der Waals surface area contributed by atoms with Gasteiger partial charge in [0.05, 0.1) is 12.3 Å². The second-order valence-corrected chi connectivity index (χ2v) is 3.47. The molecule has 0 heterocycles. The van der Waals surface area contributed by atoms with Crippen LogP contribution in [0.25, 0.3) is 0 Å². The highest BCUT2D eigenvalue weighted by atomic mass is 35.5. The number of rotatable bonds is 3. The Morgan fingerprint density at radius 2 is 2.06 bits per heavy atom. The van der Waals surface area contributed by atoms with Gasteiger partial charge in [-0.2, -0.15) is 5.10 Å².